The molecule has 0 unspecified atom stereocenters. The molecule has 8 heteroatoms. The molecule has 0 amide bonds. The summed E-state index contributed by atoms with van der Waals surface area (Å²) < 4.78 is 23.8. The highest BCUT2D eigenvalue weighted by molar-refractivity contribution is 5.90. The fourth-order valence-electron chi connectivity index (χ4n) is 7.90. The molecule has 1 aliphatic carbocycles. The van der Waals surface area contributed by atoms with Crippen LogP contribution >= 0.6 is 0 Å². The fraction of sp³-hybridized carbons (Fsp3) is 0.800. The highest BCUT2D eigenvalue weighted by Gasteiger charge is 2.74. The maximum atomic E-state index is 12.7. The lowest BCUT2D eigenvalue weighted by Gasteiger charge is -2.65. The van der Waals surface area contributed by atoms with E-state index in [4.69, 9.17) is 18.9 Å². The molecule has 0 aromatic carbocycles. The van der Waals surface area contributed by atoms with Crippen LogP contribution in [-0.2, 0) is 28.5 Å². The molecule has 1 saturated carbocycles. The summed E-state index contributed by atoms with van der Waals surface area (Å²) in [5, 5.41) is 22.3. The molecule has 7 atom stereocenters. The number of Topliss-reactive ketones (excluding diaryl/α,β-unsaturated/α-hetero) is 1. The fourth-order valence-corrected chi connectivity index (χ4v) is 7.90. The van der Waals surface area contributed by atoms with Gasteiger partial charge in [0.2, 0.25) is 5.79 Å². The van der Waals surface area contributed by atoms with E-state index in [1.807, 2.05) is 6.92 Å². The molecule has 6 rings (SSSR count). The molecule has 5 heterocycles. The Labute approximate surface area is 225 Å². The third kappa shape index (κ3) is 4.22. The second-order valence-electron chi connectivity index (χ2n) is 13.5. The maximum Gasteiger partial charge on any atom is 0.333 e. The van der Waals surface area contributed by atoms with Crippen molar-refractivity contribution in [1.82, 2.24) is 0 Å². The number of rotatable bonds is 5. The molecule has 212 valence electrons. The summed E-state index contributed by atoms with van der Waals surface area (Å²) in [7, 11) is 0. The number of carbonyl (C=O) groups is 2. The zero-order valence-corrected chi connectivity index (χ0v) is 23.5. The molecule has 0 aromatic rings. The Bertz CT molecular complexity index is 1030. The average molecular weight is 533 g/mol. The molecule has 6 fully saturated rings. The van der Waals surface area contributed by atoms with E-state index >= 15 is 0 Å². The number of esters is 1. The summed E-state index contributed by atoms with van der Waals surface area (Å²) in [6.45, 7) is 14.8. The first-order valence-corrected chi connectivity index (χ1v) is 14.2. The Balaban J connectivity index is 1.21. The van der Waals surface area contributed by atoms with Gasteiger partial charge in [0.25, 0.3) is 5.79 Å². The molecule has 38 heavy (non-hydrogen) atoms. The van der Waals surface area contributed by atoms with Gasteiger partial charge in [-0.25, -0.2) is 4.79 Å². The van der Waals surface area contributed by atoms with Gasteiger partial charge in [-0.15, -0.1) is 0 Å². The number of carbonyl (C=O) groups excluding carboxylic acids is 2. The van der Waals surface area contributed by atoms with Crippen molar-refractivity contribution in [3.05, 3.63) is 23.8 Å². The van der Waals surface area contributed by atoms with Gasteiger partial charge < -0.3 is 29.2 Å². The molecular formula is C30H44O8. The van der Waals surface area contributed by atoms with E-state index in [0.717, 1.165) is 37.7 Å². The first kappa shape index (κ1) is 28.0. The van der Waals surface area contributed by atoms with Gasteiger partial charge in [0.05, 0.1) is 19.3 Å². The predicted octanol–water partition coefficient (Wildman–Crippen LogP) is 3.98. The summed E-state index contributed by atoms with van der Waals surface area (Å²) in [6, 6.07) is 0. The Kier molecular flexibility index (Phi) is 6.79. The predicted molar refractivity (Wildman–Crippen MR) is 139 cm³/mol. The zero-order chi connectivity index (χ0) is 27.7. The summed E-state index contributed by atoms with van der Waals surface area (Å²) in [5.41, 5.74) is -0.680. The van der Waals surface area contributed by atoms with Gasteiger partial charge in [-0.05, 0) is 76.2 Å². The van der Waals surface area contributed by atoms with E-state index in [0.29, 0.717) is 43.5 Å². The Morgan fingerprint density at radius 3 is 2.42 bits per heavy atom. The highest BCUT2D eigenvalue weighted by Crippen LogP contribution is 2.58. The minimum atomic E-state index is -2.01. The minimum absolute atomic E-state index is 0.0648. The Morgan fingerprint density at radius 2 is 1.82 bits per heavy atom. The van der Waals surface area contributed by atoms with Crippen LogP contribution in [0.25, 0.3) is 0 Å². The molecule has 2 N–H and O–H groups in total. The van der Waals surface area contributed by atoms with E-state index in [-0.39, 0.29) is 29.5 Å². The lowest BCUT2D eigenvalue weighted by molar-refractivity contribution is -0.496. The number of ether oxygens (including phenoxy) is 4. The number of hydrogen-bond donors (Lipinski definition) is 2. The normalized spacial score (nSPS) is 44.0. The van der Waals surface area contributed by atoms with Gasteiger partial charge in [0.15, 0.2) is 5.78 Å². The number of fused-ring (bicyclic) bond motifs is 2. The van der Waals surface area contributed by atoms with E-state index in [2.05, 4.69) is 20.4 Å². The number of aliphatic hydroxyl groups excluding tert-OH is 1. The van der Waals surface area contributed by atoms with Crippen molar-refractivity contribution in [3.8, 4) is 0 Å². The maximum absolute atomic E-state index is 12.7. The molecular weight excluding hydrogens is 488 g/mol. The van der Waals surface area contributed by atoms with Gasteiger partial charge in [-0.2, -0.15) is 0 Å². The molecule has 8 nitrogen and oxygen atoms in total. The first-order chi connectivity index (χ1) is 17.6. The molecule has 6 aliphatic rings. The summed E-state index contributed by atoms with van der Waals surface area (Å²) >= 11 is 0. The van der Waals surface area contributed by atoms with Crippen LogP contribution in [0.5, 0.6) is 0 Å². The van der Waals surface area contributed by atoms with Gasteiger partial charge in [-0.3, -0.25) is 4.79 Å². The SMILES string of the molecule is C=C1CC[C@@H](CC[C@H]2CC[C@]3(OC2)O[C@@]2(O)C(=O)C[C@]3(C)OC2(C)C)C(C)(C)[C@H]1[C@@H](O)/C=C1/CCOC1=O. The van der Waals surface area contributed by atoms with Gasteiger partial charge >= 0.3 is 5.97 Å². The number of cyclic esters (lactones) is 1. The third-order valence-corrected chi connectivity index (χ3v) is 10.3. The quantitative estimate of drug-likeness (QED) is 0.311. The second kappa shape index (κ2) is 9.23. The van der Waals surface area contributed by atoms with Crippen LogP contribution < -0.4 is 0 Å². The molecule has 5 saturated heterocycles. The van der Waals surface area contributed by atoms with Crippen LogP contribution in [0, 0.1) is 23.2 Å². The van der Waals surface area contributed by atoms with Crippen molar-refractivity contribution in [2.24, 2.45) is 23.2 Å². The summed E-state index contributed by atoms with van der Waals surface area (Å²) in [5.74, 6) is -3.24. The third-order valence-electron chi connectivity index (χ3n) is 10.3. The smallest absolute Gasteiger partial charge is 0.333 e. The largest absolute Gasteiger partial charge is 0.462 e. The monoisotopic (exact) mass is 532 g/mol. The number of hydrogen-bond acceptors (Lipinski definition) is 8. The highest BCUT2D eigenvalue weighted by atomic mass is 16.8. The van der Waals surface area contributed by atoms with Gasteiger partial charge in [0, 0.05) is 30.8 Å². The second-order valence-corrected chi connectivity index (χ2v) is 13.5. The average Bonchev–Trinajstić information content (AvgIpc) is 3.20. The van der Waals surface area contributed by atoms with Crippen LogP contribution in [0.1, 0.15) is 86.0 Å². The van der Waals surface area contributed by atoms with E-state index in [1.54, 1.807) is 19.9 Å². The lowest BCUT2D eigenvalue weighted by Crippen LogP contribution is -2.81. The van der Waals surface area contributed by atoms with E-state index < -0.39 is 28.9 Å². The summed E-state index contributed by atoms with van der Waals surface area (Å²) in [4.78, 5) is 24.6. The molecule has 0 radical (unpaired) electrons. The zero-order valence-electron chi connectivity index (χ0n) is 23.5. The van der Waals surface area contributed by atoms with Crippen molar-refractivity contribution in [3.63, 3.8) is 0 Å². The van der Waals surface area contributed by atoms with Crippen LogP contribution in [0.4, 0.5) is 0 Å². The van der Waals surface area contributed by atoms with Gasteiger partial charge in [0.1, 0.15) is 11.2 Å². The number of aliphatic hydroxyl groups is 2. The van der Waals surface area contributed by atoms with Crippen molar-refractivity contribution >= 4 is 11.8 Å². The molecule has 2 bridgehead atoms. The lowest BCUT2D eigenvalue weighted by atomic mass is 9.57. The molecule has 0 aromatic heterocycles. The Morgan fingerprint density at radius 1 is 1.08 bits per heavy atom. The van der Waals surface area contributed by atoms with Crippen molar-refractivity contribution < 1.29 is 38.7 Å². The van der Waals surface area contributed by atoms with E-state index in [1.165, 1.54) is 0 Å². The molecule has 5 aliphatic heterocycles. The van der Waals surface area contributed by atoms with Crippen LogP contribution in [0.3, 0.4) is 0 Å². The first-order valence-electron chi connectivity index (χ1n) is 14.2. The van der Waals surface area contributed by atoms with Crippen LogP contribution in [0.2, 0.25) is 0 Å². The minimum Gasteiger partial charge on any atom is -0.462 e. The van der Waals surface area contributed by atoms with Crippen molar-refractivity contribution in [1.29, 1.82) is 0 Å². The van der Waals surface area contributed by atoms with Crippen molar-refractivity contribution in [2.75, 3.05) is 13.2 Å². The Hall–Kier alpha value is -1.58. The van der Waals surface area contributed by atoms with E-state index in [9.17, 15) is 19.8 Å². The topological polar surface area (TPSA) is 112 Å². The van der Waals surface area contributed by atoms with Gasteiger partial charge in [-0.1, -0.05) is 26.0 Å². The van der Waals surface area contributed by atoms with Crippen LogP contribution in [-0.4, -0.2) is 64.1 Å². The van der Waals surface area contributed by atoms with Crippen LogP contribution in [0.15, 0.2) is 23.8 Å². The summed E-state index contributed by atoms with van der Waals surface area (Å²) in [6.07, 6.45) is 6.77. The van der Waals surface area contributed by atoms with Crippen molar-refractivity contribution in [2.45, 2.75) is 115 Å². The number of ketones is 1. The molecule has 1 spiro atoms. The standard InChI is InChI=1S/C30H44O8/c1-18-7-9-21(26(2,3)24(18)22(31)15-20-12-14-35-25(20)33)10-8-19-11-13-29(36-17-19)28(6)16-23(32)30(34,38-29)27(4,5)37-28/h15,19,21-22,24,31,34H,1,7-14,16-17H2,2-6H3/b20-15-/t19-,21-,22-,24+,28-,29-,30-/m0/s1.